The highest BCUT2D eigenvalue weighted by atomic mass is 16.6. The van der Waals surface area contributed by atoms with Gasteiger partial charge >= 0.3 is 0 Å². The van der Waals surface area contributed by atoms with Crippen LogP contribution in [0, 0.1) is 40.5 Å². The van der Waals surface area contributed by atoms with Gasteiger partial charge in [0.25, 0.3) is 22.7 Å². The summed E-state index contributed by atoms with van der Waals surface area (Å²) in [5, 5.41) is 45.3. The van der Waals surface area contributed by atoms with E-state index in [9.17, 15) is 40.5 Å². The van der Waals surface area contributed by atoms with Crippen LogP contribution in [0.25, 0.3) is 0 Å². The average Bonchev–Trinajstić information content (AvgIpc) is 2.66. The van der Waals surface area contributed by atoms with Crippen LogP contribution in [0.4, 0.5) is 34.1 Å². The molecule has 2 aliphatic heterocycles. The molecule has 0 fully saturated rings. The zero-order valence-electron chi connectivity index (χ0n) is 14.4. The molecule has 2 bridgehead atoms. The smallest absolute Gasteiger partial charge is 0.283 e. The van der Waals surface area contributed by atoms with E-state index in [1.54, 1.807) is 9.80 Å². The number of hydrogen-bond acceptors (Lipinski definition) is 10. The van der Waals surface area contributed by atoms with Crippen LogP contribution in [0.2, 0.25) is 0 Å². The van der Waals surface area contributed by atoms with Gasteiger partial charge in [-0.3, -0.25) is 40.5 Å². The van der Waals surface area contributed by atoms with Crippen LogP contribution in [0.15, 0.2) is 24.3 Å². The van der Waals surface area contributed by atoms with Crippen LogP contribution in [-0.2, 0) is 13.1 Å². The third-order valence-corrected chi connectivity index (χ3v) is 4.91. The number of nitro groups is 4. The van der Waals surface area contributed by atoms with Crippen molar-refractivity contribution in [1.82, 2.24) is 0 Å². The van der Waals surface area contributed by atoms with Crippen molar-refractivity contribution in [2.24, 2.45) is 0 Å². The summed E-state index contributed by atoms with van der Waals surface area (Å²) in [6.07, 6.45) is 0. The maximum absolute atomic E-state index is 11.5. The first-order valence-corrected chi connectivity index (χ1v) is 8.08. The highest BCUT2D eigenvalue weighted by Crippen LogP contribution is 2.46. The third-order valence-electron chi connectivity index (χ3n) is 4.91. The van der Waals surface area contributed by atoms with Crippen molar-refractivity contribution in [3.8, 4) is 0 Å². The van der Waals surface area contributed by atoms with Crippen LogP contribution >= 0.6 is 0 Å². The van der Waals surface area contributed by atoms with Gasteiger partial charge in [0.1, 0.15) is 0 Å². The second kappa shape index (κ2) is 6.08. The second-order valence-electron chi connectivity index (χ2n) is 6.49. The molecule has 29 heavy (non-hydrogen) atoms. The molecule has 0 aliphatic carbocycles. The quantitative estimate of drug-likeness (QED) is 0.545. The van der Waals surface area contributed by atoms with Crippen LogP contribution in [0.5, 0.6) is 0 Å². The zero-order valence-corrected chi connectivity index (χ0v) is 14.4. The Balaban J connectivity index is 1.92. The molecule has 0 atom stereocenters. The van der Waals surface area contributed by atoms with E-state index in [1.165, 1.54) is 12.1 Å². The largest absolute Gasteiger partial charge is 0.348 e. The lowest BCUT2D eigenvalue weighted by molar-refractivity contribution is -0.394. The first kappa shape index (κ1) is 18.0. The molecule has 0 saturated carbocycles. The first-order chi connectivity index (χ1) is 13.7. The zero-order chi connectivity index (χ0) is 21.0. The molecule has 0 radical (unpaired) electrons. The van der Waals surface area contributed by atoms with Crippen LogP contribution in [0.1, 0.15) is 11.1 Å². The van der Waals surface area contributed by atoms with Gasteiger partial charge in [0.2, 0.25) is 0 Å². The maximum Gasteiger partial charge on any atom is 0.283 e. The molecule has 2 aliphatic rings. The highest BCUT2D eigenvalue weighted by molar-refractivity contribution is 5.77. The van der Waals surface area contributed by atoms with E-state index in [-0.39, 0.29) is 42.3 Å². The fourth-order valence-electron chi connectivity index (χ4n) is 3.69. The summed E-state index contributed by atoms with van der Waals surface area (Å²) in [7, 11) is 0. The Morgan fingerprint density at radius 3 is 1.31 bits per heavy atom. The number of hydrogen-bond donors (Lipinski definition) is 0. The van der Waals surface area contributed by atoms with Gasteiger partial charge in [0.15, 0.2) is 0 Å². The van der Waals surface area contributed by atoms with Crippen molar-refractivity contribution >= 4 is 34.1 Å². The Labute approximate surface area is 160 Å². The Kier molecular flexibility index (Phi) is 3.78. The molecule has 148 valence electrons. The molecule has 4 rings (SSSR count). The fourth-order valence-corrected chi connectivity index (χ4v) is 3.69. The van der Waals surface area contributed by atoms with Crippen molar-refractivity contribution in [2.75, 3.05) is 16.5 Å². The predicted molar refractivity (Wildman–Crippen MR) is 96.7 cm³/mol. The van der Waals surface area contributed by atoms with Crippen molar-refractivity contribution in [2.45, 2.75) is 13.1 Å². The van der Waals surface area contributed by atoms with Crippen molar-refractivity contribution in [3.05, 3.63) is 75.8 Å². The van der Waals surface area contributed by atoms with Gasteiger partial charge in [0.05, 0.1) is 74.1 Å². The predicted octanol–water partition coefficient (Wildman–Crippen LogP) is 2.62. The van der Waals surface area contributed by atoms with Crippen molar-refractivity contribution in [3.63, 3.8) is 0 Å². The van der Waals surface area contributed by atoms with Gasteiger partial charge in [-0.25, -0.2) is 0 Å². The molecule has 0 N–H and O–H groups in total. The summed E-state index contributed by atoms with van der Waals surface area (Å²) in [4.78, 5) is 45.4. The van der Waals surface area contributed by atoms with Gasteiger partial charge in [0, 0.05) is 12.1 Å². The highest BCUT2D eigenvalue weighted by Gasteiger charge is 2.39. The lowest BCUT2D eigenvalue weighted by atomic mass is 9.98. The molecular formula is C15H10N6O8. The molecule has 0 saturated heterocycles. The molecular weight excluding hydrogens is 392 g/mol. The maximum atomic E-state index is 11.5. The Bertz CT molecular complexity index is 1040. The number of nitrogens with zero attached hydrogens (tertiary/aromatic N) is 6. The number of fused-ring (bicyclic) bond motifs is 6. The second-order valence-corrected chi connectivity index (χ2v) is 6.49. The Morgan fingerprint density at radius 2 is 1.00 bits per heavy atom. The Morgan fingerprint density at radius 1 is 0.621 bits per heavy atom. The van der Waals surface area contributed by atoms with E-state index >= 15 is 0 Å². The molecule has 0 aromatic heterocycles. The van der Waals surface area contributed by atoms with E-state index in [4.69, 9.17) is 0 Å². The van der Waals surface area contributed by atoms with E-state index in [2.05, 4.69) is 0 Å². The van der Waals surface area contributed by atoms with E-state index < -0.39 is 42.4 Å². The molecule has 2 aromatic carbocycles. The van der Waals surface area contributed by atoms with Gasteiger partial charge in [-0.15, -0.1) is 0 Å². The number of non-ortho nitro benzene ring substituents is 2. The molecule has 0 amide bonds. The minimum atomic E-state index is -0.747. The third kappa shape index (κ3) is 2.73. The normalized spacial score (nSPS) is 14.1. The molecule has 14 heteroatoms. The Hall–Kier alpha value is -4.36. The van der Waals surface area contributed by atoms with E-state index in [0.29, 0.717) is 0 Å². The average molecular weight is 402 g/mol. The minimum Gasteiger partial charge on any atom is -0.348 e. The molecule has 0 unspecified atom stereocenters. The van der Waals surface area contributed by atoms with Crippen LogP contribution in [0.3, 0.4) is 0 Å². The first-order valence-electron chi connectivity index (χ1n) is 8.08. The minimum absolute atomic E-state index is 0.0779. The summed E-state index contributed by atoms with van der Waals surface area (Å²) < 4.78 is 0. The summed E-state index contributed by atoms with van der Waals surface area (Å²) >= 11 is 0. The number of nitro benzene ring substituents is 4. The standard InChI is InChI=1S/C15H10N6O8/c22-18(23)8-1-12-10(14(3-8)20(26)27)5-17-7-16(12)6-11-13(17)2-9(19(24)25)4-15(11)21(28)29/h1-4H,5-7H2. The summed E-state index contributed by atoms with van der Waals surface area (Å²) in [6.45, 7) is -0.0342. The van der Waals surface area contributed by atoms with Gasteiger partial charge < -0.3 is 9.80 Å². The molecule has 2 heterocycles. The van der Waals surface area contributed by atoms with Crippen molar-refractivity contribution < 1.29 is 19.7 Å². The lowest BCUT2D eigenvalue weighted by Crippen LogP contribution is -2.46. The van der Waals surface area contributed by atoms with Crippen LogP contribution < -0.4 is 9.80 Å². The van der Waals surface area contributed by atoms with Gasteiger partial charge in [-0.1, -0.05) is 0 Å². The summed E-state index contributed by atoms with van der Waals surface area (Å²) in [6, 6.07) is 4.11. The van der Waals surface area contributed by atoms with Crippen LogP contribution in [-0.4, -0.2) is 26.4 Å². The monoisotopic (exact) mass is 402 g/mol. The molecule has 2 aromatic rings. The lowest BCUT2D eigenvalue weighted by Gasteiger charge is -2.43. The fraction of sp³-hybridized carbons (Fsp3) is 0.200. The SMILES string of the molecule is O=[N+]([O-])c1cc2c(c([N+](=O)[O-])c1)CN1CN2Cc2c1cc([N+](=O)[O-])cc2[N+](=O)[O-]. The summed E-state index contributed by atoms with van der Waals surface area (Å²) in [5.74, 6) is 0. The van der Waals surface area contributed by atoms with E-state index in [1.807, 2.05) is 0 Å². The van der Waals surface area contributed by atoms with Gasteiger partial charge in [-0.2, -0.15) is 0 Å². The van der Waals surface area contributed by atoms with Gasteiger partial charge in [-0.05, 0) is 0 Å². The summed E-state index contributed by atoms with van der Waals surface area (Å²) in [5.41, 5.74) is -0.959. The van der Waals surface area contributed by atoms with Crippen molar-refractivity contribution in [1.29, 1.82) is 0 Å². The molecule has 0 spiro atoms. The number of anilines is 2. The molecule has 14 nitrogen and oxygen atoms in total. The number of rotatable bonds is 4. The number of benzene rings is 2. The topological polar surface area (TPSA) is 179 Å². The van der Waals surface area contributed by atoms with E-state index in [0.717, 1.165) is 12.1 Å².